The predicted molar refractivity (Wildman–Crippen MR) is 123 cm³/mol. The average molecular weight is 388 g/mol. The summed E-state index contributed by atoms with van der Waals surface area (Å²) in [5, 5.41) is 0. The molecule has 2 heteroatoms. The summed E-state index contributed by atoms with van der Waals surface area (Å²) in [5.74, 6) is 0. The largest absolute Gasteiger partial charge is 0.356 e. The van der Waals surface area contributed by atoms with Crippen LogP contribution in [0.15, 0.2) is 24.3 Å². The van der Waals surface area contributed by atoms with Gasteiger partial charge in [-0.15, -0.1) is 0 Å². The van der Waals surface area contributed by atoms with Crippen molar-refractivity contribution in [2.45, 2.75) is 122 Å². The fraction of sp³-hybridized carbons (Fsp3) is 0.731. The number of hydrogen-bond donors (Lipinski definition) is 1. The van der Waals surface area contributed by atoms with E-state index < -0.39 is 0 Å². The van der Waals surface area contributed by atoms with E-state index in [1.165, 1.54) is 115 Å². The summed E-state index contributed by atoms with van der Waals surface area (Å²) in [5.41, 5.74) is 1.89. The Balaban J connectivity index is 1.74. The van der Waals surface area contributed by atoms with Crippen molar-refractivity contribution in [1.82, 2.24) is 4.98 Å². The molecule has 0 aromatic carbocycles. The lowest BCUT2D eigenvalue weighted by molar-refractivity contribution is 0.111. The molecule has 0 atom stereocenters. The third kappa shape index (κ3) is 14.7. The van der Waals surface area contributed by atoms with Gasteiger partial charge in [0.25, 0.3) is 0 Å². The molecule has 0 aliphatic carbocycles. The third-order valence-corrected chi connectivity index (χ3v) is 5.60. The van der Waals surface area contributed by atoms with Gasteiger partial charge in [-0.2, -0.15) is 0 Å². The molecule has 1 N–H and O–H groups in total. The molecule has 1 aromatic heterocycles. The van der Waals surface area contributed by atoms with E-state index in [2.05, 4.69) is 24.1 Å². The lowest BCUT2D eigenvalue weighted by atomic mass is 10.0. The number of hydrogen-bond acceptors (Lipinski definition) is 1. The molecule has 0 amide bonds. The number of aryl methyl sites for hydroxylation is 1. The highest BCUT2D eigenvalue weighted by Crippen LogP contribution is 2.13. The van der Waals surface area contributed by atoms with Gasteiger partial charge in [0.1, 0.15) is 0 Å². The summed E-state index contributed by atoms with van der Waals surface area (Å²) in [6.45, 7) is 2.28. The average Bonchev–Trinajstić information content (AvgIpc) is 3.18. The van der Waals surface area contributed by atoms with Crippen LogP contribution in [0.4, 0.5) is 0 Å². The molecular formula is C26H45NO. The molecule has 0 spiro atoms. The molecule has 0 unspecified atom stereocenters. The van der Waals surface area contributed by atoms with E-state index in [9.17, 15) is 4.79 Å². The molecule has 0 saturated carbocycles. The zero-order chi connectivity index (χ0) is 20.1. The quantitative estimate of drug-likeness (QED) is 0.136. The molecule has 1 rings (SSSR count). The summed E-state index contributed by atoms with van der Waals surface area (Å²) in [6.07, 6.45) is 30.0. The van der Waals surface area contributed by atoms with Crippen LogP contribution in [0.5, 0.6) is 0 Å². The Kier molecular flexibility index (Phi) is 16.8. The number of rotatable bonds is 20. The topological polar surface area (TPSA) is 32.9 Å². The van der Waals surface area contributed by atoms with E-state index in [4.69, 9.17) is 0 Å². The predicted octanol–water partition coefficient (Wildman–Crippen LogP) is 8.58. The number of allylic oxidation sites excluding steroid dienone is 2. The van der Waals surface area contributed by atoms with E-state index in [-0.39, 0.29) is 0 Å². The normalized spacial score (nSPS) is 11.5. The van der Waals surface area contributed by atoms with Crippen molar-refractivity contribution < 1.29 is 4.79 Å². The Morgan fingerprint density at radius 2 is 1.18 bits per heavy atom. The second-order valence-corrected chi connectivity index (χ2v) is 8.31. The Labute approximate surface area is 174 Å². The lowest BCUT2D eigenvalue weighted by Crippen LogP contribution is -1.88. The SMILES string of the molecule is CCCCCCCC/C=C\CCCCCCCCCCCc1ccc(C=O)[nH]1. The maximum Gasteiger partial charge on any atom is 0.166 e. The molecule has 28 heavy (non-hydrogen) atoms. The van der Waals surface area contributed by atoms with Crippen LogP contribution in [0.25, 0.3) is 0 Å². The maximum atomic E-state index is 10.6. The van der Waals surface area contributed by atoms with Crippen molar-refractivity contribution in [3.63, 3.8) is 0 Å². The van der Waals surface area contributed by atoms with Crippen LogP contribution in [-0.2, 0) is 6.42 Å². The minimum absolute atomic E-state index is 0.697. The van der Waals surface area contributed by atoms with Crippen LogP contribution in [0.1, 0.15) is 132 Å². The minimum atomic E-state index is 0.697. The molecule has 0 fully saturated rings. The van der Waals surface area contributed by atoms with E-state index in [1.54, 1.807) is 0 Å². The van der Waals surface area contributed by atoms with E-state index in [0.717, 1.165) is 12.7 Å². The number of carbonyl (C=O) groups excluding carboxylic acids is 1. The van der Waals surface area contributed by atoms with Gasteiger partial charge in [-0.3, -0.25) is 4.79 Å². The van der Waals surface area contributed by atoms with Gasteiger partial charge in [0.2, 0.25) is 0 Å². The number of carbonyl (C=O) groups is 1. The number of nitrogens with one attached hydrogen (secondary N) is 1. The molecule has 0 saturated heterocycles. The van der Waals surface area contributed by atoms with E-state index >= 15 is 0 Å². The molecule has 160 valence electrons. The molecule has 1 aromatic rings. The van der Waals surface area contributed by atoms with Crippen molar-refractivity contribution in [1.29, 1.82) is 0 Å². The van der Waals surface area contributed by atoms with Crippen molar-refractivity contribution in [3.05, 3.63) is 35.7 Å². The fourth-order valence-corrected chi connectivity index (χ4v) is 3.77. The first kappa shape index (κ1) is 24.7. The van der Waals surface area contributed by atoms with Crippen LogP contribution >= 0.6 is 0 Å². The van der Waals surface area contributed by atoms with Crippen LogP contribution in [0.2, 0.25) is 0 Å². The van der Waals surface area contributed by atoms with Crippen molar-refractivity contribution in [2.24, 2.45) is 0 Å². The van der Waals surface area contributed by atoms with Gasteiger partial charge >= 0.3 is 0 Å². The molecule has 2 nitrogen and oxygen atoms in total. The number of H-pyrrole nitrogens is 1. The van der Waals surface area contributed by atoms with Gasteiger partial charge in [-0.1, -0.05) is 96.1 Å². The summed E-state index contributed by atoms with van der Waals surface area (Å²) in [4.78, 5) is 13.8. The first-order valence-electron chi connectivity index (χ1n) is 12.1. The summed E-state index contributed by atoms with van der Waals surface area (Å²) < 4.78 is 0. The lowest BCUT2D eigenvalue weighted by Gasteiger charge is -2.02. The first-order valence-corrected chi connectivity index (χ1v) is 12.1. The molecular weight excluding hydrogens is 342 g/mol. The van der Waals surface area contributed by atoms with Crippen molar-refractivity contribution in [3.8, 4) is 0 Å². The van der Waals surface area contributed by atoms with E-state index in [1.807, 2.05) is 12.1 Å². The smallest absolute Gasteiger partial charge is 0.166 e. The summed E-state index contributed by atoms with van der Waals surface area (Å²) >= 11 is 0. The van der Waals surface area contributed by atoms with E-state index in [0.29, 0.717) is 5.69 Å². The summed E-state index contributed by atoms with van der Waals surface area (Å²) in [6, 6.07) is 3.90. The Morgan fingerprint density at radius 3 is 1.68 bits per heavy atom. The third-order valence-electron chi connectivity index (χ3n) is 5.60. The molecule has 0 aliphatic rings. The van der Waals surface area contributed by atoms with Crippen LogP contribution in [-0.4, -0.2) is 11.3 Å². The van der Waals surface area contributed by atoms with Gasteiger partial charge in [0.15, 0.2) is 6.29 Å². The Hall–Kier alpha value is -1.31. The molecule has 0 bridgehead atoms. The van der Waals surface area contributed by atoms with Gasteiger partial charge in [-0.05, 0) is 50.7 Å². The molecule has 0 radical (unpaired) electrons. The standard InChI is InChI=1S/C26H45NO/c1-2-3-4-5-6-7-8-9-10-11-12-13-14-15-16-17-18-19-20-21-25-22-23-26(24-28)27-25/h9-10,22-24,27H,2-8,11-21H2,1H3/b10-9-. The van der Waals surface area contributed by atoms with Crippen LogP contribution in [0, 0.1) is 0 Å². The number of unbranched alkanes of at least 4 members (excludes halogenated alkanes) is 15. The number of aromatic amines is 1. The van der Waals surface area contributed by atoms with Gasteiger partial charge in [-0.25, -0.2) is 0 Å². The van der Waals surface area contributed by atoms with Crippen molar-refractivity contribution in [2.75, 3.05) is 0 Å². The monoisotopic (exact) mass is 387 g/mol. The summed E-state index contributed by atoms with van der Waals surface area (Å²) in [7, 11) is 0. The highest BCUT2D eigenvalue weighted by molar-refractivity contribution is 5.71. The van der Waals surface area contributed by atoms with Crippen molar-refractivity contribution >= 4 is 6.29 Å². The van der Waals surface area contributed by atoms with Gasteiger partial charge in [0.05, 0.1) is 5.69 Å². The van der Waals surface area contributed by atoms with Crippen LogP contribution < -0.4 is 0 Å². The van der Waals surface area contributed by atoms with Gasteiger partial charge in [0, 0.05) is 5.69 Å². The zero-order valence-electron chi connectivity index (χ0n) is 18.5. The fourth-order valence-electron chi connectivity index (χ4n) is 3.77. The zero-order valence-corrected chi connectivity index (χ0v) is 18.5. The maximum absolute atomic E-state index is 10.6. The Morgan fingerprint density at radius 1 is 0.679 bits per heavy atom. The van der Waals surface area contributed by atoms with Gasteiger partial charge < -0.3 is 4.98 Å². The number of aromatic nitrogens is 1. The second kappa shape index (κ2) is 19.0. The first-order chi connectivity index (χ1) is 13.9. The highest BCUT2D eigenvalue weighted by Gasteiger charge is 1.98. The molecule has 0 aliphatic heterocycles. The van der Waals surface area contributed by atoms with Crippen LogP contribution in [0.3, 0.4) is 0 Å². The minimum Gasteiger partial charge on any atom is -0.356 e. The highest BCUT2D eigenvalue weighted by atomic mass is 16.1. The molecule has 1 heterocycles. The Bertz CT molecular complexity index is 488. The number of aldehydes is 1. The second-order valence-electron chi connectivity index (χ2n) is 8.31.